The molecule has 0 saturated heterocycles. The Balaban J connectivity index is 3.90. The molecule has 114 valence electrons. The van der Waals surface area contributed by atoms with Crippen molar-refractivity contribution >= 4 is 17.7 Å². The summed E-state index contributed by atoms with van der Waals surface area (Å²) >= 11 is 2.00. The zero-order valence-electron chi connectivity index (χ0n) is 13.2. The van der Waals surface area contributed by atoms with Crippen molar-refractivity contribution in [2.75, 3.05) is 5.75 Å². The van der Waals surface area contributed by atoms with Gasteiger partial charge in [0.05, 0.1) is 0 Å². The van der Waals surface area contributed by atoms with Crippen molar-refractivity contribution in [3.05, 3.63) is 0 Å². The number of rotatable bonds is 12. The first-order chi connectivity index (χ1) is 9.10. The van der Waals surface area contributed by atoms with Crippen LogP contribution >= 0.6 is 11.8 Å². The van der Waals surface area contributed by atoms with Gasteiger partial charge in [-0.3, -0.25) is 4.79 Å². The van der Waals surface area contributed by atoms with Gasteiger partial charge in [0.2, 0.25) is 0 Å². The van der Waals surface area contributed by atoms with Gasteiger partial charge in [-0.25, -0.2) is 0 Å². The number of hydrogen-bond donors (Lipinski definition) is 0. The highest BCUT2D eigenvalue weighted by Gasteiger charge is 2.12. The maximum Gasteiger partial charge on any atom is 0.302 e. The van der Waals surface area contributed by atoms with Gasteiger partial charge < -0.3 is 4.74 Å². The minimum Gasteiger partial charge on any atom is -0.462 e. The molecule has 0 N–H and O–H groups in total. The normalized spacial score (nSPS) is 12.7. The second kappa shape index (κ2) is 12.8. The van der Waals surface area contributed by atoms with E-state index in [9.17, 15) is 4.79 Å². The van der Waals surface area contributed by atoms with Crippen LogP contribution in [0.1, 0.15) is 79.1 Å². The van der Waals surface area contributed by atoms with E-state index >= 15 is 0 Å². The minimum atomic E-state index is -0.165. The van der Waals surface area contributed by atoms with E-state index in [1.165, 1.54) is 58.3 Å². The van der Waals surface area contributed by atoms with Crippen molar-refractivity contribution in [1.29, 1.82) is 0 Å². The lowest BCUT2D eigenvalue weighted by atomic mass is 10.1. The van der Waals surface area contributed by atoms with Crippen LogP contribution in [-0.2, 0) is 9.53 Å². The molecule has 0 amide bonds. The van der Waals surface area contributed by atoms with E-state index in [1.54, 1.807) is 0 Å². The van der Waals surface area contributed by atoms with Crippen LogP contribution in [0.2, 0.25) is 0 Å². The quantitative estimate of drug-likeness (QED) is 0.365. The maximum atomic E-state index is 10.9. The molecule has 2 nitrogen and oxygen atoms in total. The Labute approximate surface area is 124 Å². The van der Waals surface area contributed by atoms with Crippen molar-refractivity contribution in [2.45, 2.75) is 90.4 Å². The summed E-state index contributed by atoms with van der Waals surface area (Å²) in [6.45, 7) is 7.98. The van der Waals surface area contributed by atoms with Crippen LogP contribution in [0, 0.1) is 0 Å². The number of carbonyl (C=O) groups excluding carboxylic acids is 1. The van der Waals surface area contributed by atoms with E-state index in [1.807, 2.05) is 18.7 Å². The standard InChI is InChI=1S/C16H32O2S/c1-5-7-9-11-16(12-10-8-6-2)19-13-14(3)18-15(4)17/h14,16H,5-13H2,1-4H3. The van der Waals surface area contributed by atoms with E-state index in [2.05, 4.69) is 13.8 Å². The Morgan fingerprint density at radius 3 is 2.00 bits per heavy atom. The molecule has 0 aliphatic rings. The van der Waals surface area contributed by atoms with Gasteiger partial charge in [0, 0.05) is 17.9 Å². The Hall–Kier alpha value is -0.180. The summed E-state index contributed by atoms with van der Waals surface area (Å²) in [5.41, 5.74) is 0. The van der Waals surface area contributed by atoms with Crippen LogP contribution in [0.25, 0.3) is 0 Å². The third kappa shape index (κ3) is 12.6. The molecule has 0 bridgehead atoms. The lowest BCUT2D eigenvalue weighted by Gasteiger charge is -2.19. The molecule has 0 aliphatic heterocycles. The molecule has 0 fully saturated rings. The summed E-state index contributed by atoms with van der Waals surface area (Å²) in [6.07, 6.45) is 10.6. The van der Waals surface area contributed by atoms with Gasteiger partial charge in [0.25, 0.3) is 0 Å². The van der Waals surface area contributed by atoms with Crippen molar-refractivity contribution < 1.29 is 9.53 Å². The first-order valence-electron chi connectivity index (χ1n) is 7.88. The Kier molecular flexibility index (Phi) is 12.7. The van der Waals surface area contributed by atoms with E-state index in [4.69, 9.17) is 4.74 Å². The van der Waals surface area contributed by atoms with Crippen molar-refractivity contribution in [3.8, 4) is 0 Å². The summed E-state index contributed by atoms with van der Waals surface area (Å²) in [4.78, 5) is 10.9. The van der Waals surface area contributed by atoms with Gasteiger partial charge in [-0.15, -0.1) is 0 Å². The average molecular weight is 288 g/mol. The van der Waals surface area contributed by atoms with Gasteiger partial charge in [-0.05, 0) is 19.8 Å². The van der Waals surface area contributed by atoms with Gasteiger partial charge >= 0.3 is 5.97 Å². The van der Waals surface area contributed by atoms with Crippen LogP contribution < -0.4 is 0 Å². The molecule has 1 atom stereocenters. The fourth-order valence-electron chi connectivity index (χ4n) is 2.14. The zero-order valence-corrected chi connectivity index (χ0v) is 14.1. The molecule has 0 rings (SSSR count). The second-order valence-electron chi connectivity index (χ2n) is 5.37. The van der Waals surface area contributed by atoms with E-state index < -0.39 is 0 Å². The van der Waals surface area contributed by atoms with Crippen LogP contribution in [-0.4, -0.2) is 23.1 Å². The molecular formula is C16H32O2S. The SMILES string of the molecule is CCCCCC(CCCCC)SCC(C)OC(C)=O. The summed E-state index contributed by atoms with van der Waals surface area (Å²) in [6, 6.07) is 0. The topological polar surface area (TPSA) is 26.3 Å². The smallest absolute Gasteiger partial charge is 0.302 e. The molecule has 0 aromatic rings. The molecule has 0 heterocycles. The number of ether oxygens (including phenoxy) is 1. The molecule has 0 saturated carbocycles. The molecule has 3 heteroatoms. The molecule has 0 aliphatic carbocycles. The van der Waals surface area contributed by atoms with E-state index in [-0.39, 0.29) is 12.1 Å². The predicted octanol–water partition coefficient (Wildman–Crippen LogP) is 5.20. The third-order valence-electron chi connectivity index (χ3n) is 3.19. The molecule has 19 heavy (non-hydrogen) atoms. The first-order valence-corrected chi connectivity index (χ1v) is 8.93. The van der Waals surface area contributed by atoms with Crippen molar-refractivity contribution in [1.82, 2.24) is 0 Å². The lowest BCUT2D eigenvalue weighted by Crippen LogP contribution is -2.17. The number of hydrogen-bond acceptors (Lipinski definition) is 3. The van der Waals surface area contributed by atoms with E-state index in [0.29, 0.717) is 0 Å². The fraction of sp³-hybridized carbons (Fsp3) is 0.938. The van der Waals surface area contributed by atoms with Crippen LogP contribution in [0.15, 0.2) is 0 Å². The highest BCUT2D eigenvalue weighted by Crippen LogP contribution is 2.24. The van der Waals surface area contributed by atoms with Crippen LogP contribution in [0.3, 0.4) is 0 Å². The molecule has 0 aromatic carbocycles. The summed E-state index contributed by atoms with van der Waals surface area (Å²) in [7, 11) is 0. The summed E-state index contributed by atoms with van der Waals surface area (Å²) in [5, 5.41) is 0.746. The van der Waals surface area contributed by atoms with Gasteiger partial charge in [0.1, 0.15) is 6.10 Å². The Bertz CT molecular complexity index is 209. The third-order valence-corrected chi connectivity index (χ3v) is 4.80. The van der Waals surface area contributed by atoms with Crippen molar-refractivity contribution in [3.63, 3.8) is 0 Å². The molecule has 0 spiro atoms. The highest BCUT2D eigenvalue weighted by molar-refractivity contribution is 7.99. The monoisotopic (exact) mass is 288 g/mol. The lowest BCUT2D eigenvalue weighted by molar-refractivity contribution is -0.144. The first kappa shape index (κ1) is 18.8. The van der Waals surface area contributed by atoms with Crippen LogP contribution in [0.5, 0.6) is 0 Å². The zero-order chi connectivity index (χ0) is 14.5. The maximum absolute atomic E-state index is 10.9. The summed E-state index contributed by atoms with van der Waals surface area (Å²) < 4.78 is 5.19. The van der Waals surface area contributed by atoms with E-state index in [0.717, 1.165) is 11.0 Å². The number of unbranched alkanes of at least 4 members (excludes halogenated alkanes) is 4. The van der Waals surface area contributed by atoms with Gasteiger partial charge in [0.15, 0.2) is 0 Å². The largest absolute Gasteiger partial charge is 0.462 e. The minimum absolute atomic E-state index is 0.0438. The Morgan fingerprint density at radius 1 is 1.05 bits per heavy atom. The predicted molar refractivity (Wildman–Crippen MR) is 85.8 cm³/mol. The fourth-order valence-corrected chi connectivity index (χ4v) is 3.42. The second-order valence-corrected chi connectivity index (χ2v) is 6.70. The van der Waals surface area contributed by atoms with Gasteiger partial charge in [-0.1, -0.05) is 52.4 Å². The summed E-state index contributed by atoms with van der Waals surface area (Å²) in [5.74, 6) is 0.768. The van der Waals surface area contributed by atoms with Crippen molar-refractivity contribution in [2.24, 2.45) is 0 Å². The molecule has 0 aromatic heterocycles. The number of thioether (sulfide) groups is 1. The number of carbonyl (C=O) groups is 1. The molecular weight excluding hydrogens is 256 g/mol. The molecule has 1 unspecified atom stereocenters. The number of esters is 1. The molecule has 0 radical (unpaired) electrons. The highest BCUT2D eigenvalue weighted by atomic mass is 32.2. The van der Waals surface area contributed by atoms with Crippen LogP contribution in [0.4, 0.5) is 0 Å². The Morgan fingerprint density at radius 2 is 1.58 bits per heavy atom. The van der Waals surface area contributed by atoms with Gasteiger partial charge in [-0.2, -0.15) is 11.8 Å². The average Bonchev–Trinajstić information content (AvgIpc) is 2.35.